The second kappa shape index (κ2) is 7.58. The highest BCUT2D eigenvalue weighted by Crippen LogP contribution is 2.29. The summed E-state index contributed by atoms with van der Waals surface area (Å²) in [6, 6.07) is 17.7. The predicted octanol–water partition coefficient (Wildman–Crippen LogP) is 4.79. The van der Waals surface area contributed by atoms with E-state index in [2.05, 4.69) is 36.1 Å². The van der Waals surface area contributed by atoms with Crippen LogP contribution in [0.15, 0.2) is 67.0 Å². The molecule has 0 spiro atoms. The van der Waals surface area contributed by atoms with Gasteiger partial charge in [0.05, 0.1) is 12.4 Å². The van der Waals surface area contributed by atoms with Crippen LogP contribution in [-0.4, -0.2) is 22.9 Å². The molecular weight excluding hydrogens is 336 g/mol. The highest BCUT2D eigenvalue weighted by atomic mass is 16.1. The highest BCUT2D eigenvalue weighted by Gasteiger charge is 2.19. The van der Waals surface area contributed by atoms with Crippen molar-refractivity contribution in [3.63, 3.8) is 0 Å². The minimum atomic E-state index is -0.270. The summed E-state index contributed by atoms with van der Waals surface area (Å²) in [4.78, 5) is 23.2. The zero-order valence-corrected chi connectivity index (χ0v) is 16.1. The van der Waals surface area contributed by atoms with Crippen molar-refractivity contribution in [3.05, 3.63) is 78.2 Å². The van der Waals surface area contributed by atoms with Crippen molar-refractivity contribution >= 4 is 23.1 Å². The topological polar surface area (TPSA) is 58.1 Å². The zero-order valence-electron chi connectivity index (χ0n) is 16.1. The third kappa shape index (κ3) is 4.31. The quantitative estimate of drug-likeness (QED) is 0.726. The Balaban J connectivity index is 1.77. The molecule has 0 aliphatic heterocycles. The first-order chi connectivity index (χ1) is 12.9. The first kappa shape index (κ1) is 18.6. The van der Waals surface area contributed by atoms with Gasteiger partial charge in [0.25, 0.3) is 5.91 Å². The number of aromatic nitrogens is 2. The van der Waals surface area contributed by atoms with E-state index in [0.717, 1.165) is 16.9 Å². The fourth-order valence-corrected chi connectivity index (χ4v) is 2.83. The van der Waals surface area contributed by atoms with Gasteiger partial charge >= 0.3 is 0 Å². The molecule has 138 valence electrons. The lowest BCUT2D eigenvalue weighted by Gasteiger charge is -2.23. The molecule has 3 rings (SSSR count). The summed E-state index contributed by atoms with van der Waals surface area (Å²) in [5.74, 6) is 0.404. The van der Waals surface area contributed by atoms with Gasteiger partial charge in [-0.25, -0.2) is 9.97 Å². The molecule has 0 radical (unpaired) electrons. The highest BCUT2D eigenvalue weighted by molar-refractivity contribution is 6.03. The Morgan fingerprint density at radius 2 is 1.59 bits per heavy atom. The Labute approximate surface area is 160 Å². The Morgan fingerprint density at radius 1 is 0.926 bits per heavy atom. The van der Waals surface area contributed by atoms with Gasteiger partial charge in [0.2, 0.25) is 0 Å². The largest absolute Gasteiger partial charge is 0.328 e. The van der Waals surface area contributed by atoms with Gasteiger partial charge in [0.1, 0.15) is 5.69 Å². The zero-order chi connectivity index (χ0) is 19.4. The SMILES string of the molecule is CN(c1ccccc1)c1cnc(C(=O)Nc2ccccc2C(C)(C)C)cn1. The van der Waals surface area contributed by atoms with E-state index in [-0.39, 0.29) is 17.0 Å². The molecule has 2 aromatic carbocycles. The number of carbonyl (C=O) groups excluding carboxylic acids is 1. The molecule has 0 fully saturated rings. The summed E-state index contributed by atoms with van der Waals surface area (Å²) < 4.78 is 0. The van der Waals surface area contributed by atoms with Crippen LogP contribution in [0, 0.1) is 0 Å². The fourth-order valence-electron chi connectivity index (χ4n) is 2.83. The molecule has 1 heterocycles. The van der Waals surface area contributed by atoms with Crippen LogP contribution < -0.4 is 10.2 Å². The first-order valence-corrected chi connectivity index (χ1v) is 8.88. The lowest BCUT2D eigenvalue weighted by molar-refractivity contribution is 0.102. The van der Waals surface area contributed by atoms with Crippen LogP contribution in [0.5, 0.6) is 0 Å². The lowest BCUT2D eigenvalue weighted by atomic mass is 9.86. The first-order valence-electron chi connectivity index (χ1n) is 8.88. The maximum absolute atomic E-state index is 12.6. The van der Waals surface area contributed by atoms with Gasteiger partial charge in [-0.1, -0.05) is 57.2 Å². The monoisotopic (exact) mass is 360 g/mol. The Morgan fingerprint density at radius 3 is 2.22 bits per heavy atom. The molecular formula is C22H24N4O. The van der Waals surface area contributed by atoms with Crippen molar-refractivity contribution in [3.8, 4) is 0 Å². The minimum Gasteiger partial charge on any atom is -0.328 e. The van der Waals surface area contributed by atoms with Crippen molar-refractivity contribution in [2.75, 3.05) is 17.3 Å². The van der Waals surface area contributed by atoms with E-state index in [1.54, 1.807) is 6.20 Å². The van der Waals surface area contributed by atoms with Crippen molar-refractivity contribution in [2.24, 2.45) is 0 Å². The summed E-state index contributed by atoms with van der Waals surface area (Å²) >= 11 is 0. The Kier molecular flexibility index (Phi) is 5.21. The molecule has 5 heteroatoms. The molecule has 5 nitrogen and oxygen atoms in total. The third-order valence-corrected chi connectivity index (χ3v) is 4.34. The average molecular weight is 360 g/mol. The number of amides is 1. The molecule has 1 amide bonds. The number of hydrogen-bond donors (Lipinski definition) is 1. The third-order valence-electron chi connectivity index (χ3n) is 4.34. The van der Waals surface area contributed by atoms with Crippen LogP contribution in [0.4, 0.5) is 17.2 Å². The van der Waals surface area contributed by atoms with E-state index in [4.69, 9.17) is 0 Å². The van der Waals surface area contributed by atoms with Crippen LogP contribution in [-0.2, 0) is 5.41 Å². The van der Waals surface area contributed by atoms with Crippen molar-refractivity contribution in [1.29, 1.82) is 0 Å². The van der Waals surface area contributed by atoms with Gasteiger partial charge in [-0.2, -0.15) is 0 Å². The summed E-state index contributed by atoms with van der Waals surface area (Å²) in [6.45, 7) is 6.35. The summed E-state index contributed by atoms with van der Waals surface area (Å²) in [5, 5.41) is 2.96. The Hall–Kier alpha value is -3.21. The maximum atomic E-state index is 12.6. The molecule has 0 atom stereocenters. The summed E-state index contributed by atoms with van der Waals surface area (Å²) in [5.41, 5.74) is 3.08. The van der Waals surface area contributed by atoms with Gasteiger partial charge in [-0.3, -0.25) is 4.79 Å². The van der Waals surface area contributed by atoms with Crippen LogP contribution >= 0.6 is 0 Å². The Bertz CT molecular complexity index is 915. The molecule has 0 unspecified atom stereocenters. The molecule has 0 aliphatic carbocycles. The molecule has 1 aromatic heterocycles. The number of nitrogens with zero attached hydrogens (tertiary/aromatic N) is 3. The normalized spacial score (nSPS) is 11.1. The second-order valence-corrected chi connectivity index (χ2v) is 7.40. The fraction of sp³-hybridized carbons (Fsp3) is 0.227. The lowest BCUT2D eigenvalue weighted by Crippen LogP contribution is -2.20. The average Bonchev–Trinajstić information content (AvgIpc) is 2.68. The van der Waals surface area contributed by atoms with Gasteiger partial charge < -0.3 is 10.2 Å². The van der Waals surface area contributed by atoms with Gasteiger partial charge in [-0.05, 0) is 29.2 Å². The predicted molar refractivity (Wildman–Crippen MR) is 110 cm³/mol. The number of benzene rings is 2. The number of carbonyl (C=O) groups is 1. The number of hydrogen-bond acceptors (Lipinski definition) is 4. The van der Waals surface area contributed by atoms with E-state index in [0.29, 0.717) is 5.82 Å². The van der Waals surface area contributed by atoms with E-state index in [1.165, 1.54) is 6.20 Å². The van der Waals surface area contributed by atoms with Crippen molar-refractivity contribution < 1.29 is 4.79 Å². The number of rotatable bonds is 4. The second-order valence-electron chi connectivity index (χ2n) is 7.40. The molecule has 0 saturated heterocycles. The molecule has 27 heavy (non-hydrogen) atoms. The van der Waals surface area contributed by atoms with Gasteiger partial charge in [0, 0.05) is 18.4 Å². The number of nitrogens with one attached hydrogen (secondary N) is 1. The van der Waals surface area contributed by atoms with Crippen LogP contribution in [0.2, 0.25) is 0 Å². The van der Waals surface area contributed by atoms with E-state index in [9.17, 15) is 4.79 Å². The molecule has 0 bridgehead atoms. The summed E-state index contributed by atoms with van der Waals surface area (Å²) in [6.07, 6.45) is 3.11. The van der Waals surface area contributed by atoms with Crippen LogP contribution in [0.1, 0.15) is 36.8 Å². The summed E-state index contributed by atoms with van der Waals surface area (Å²) in [7, 11) is 1.92. The van der Waals surface area contributed by atoms with E-state index in [1.807, 2.05) is 66.5 Å². The van der Waals surface area contributed by atoms with E-state index >= 15 is 0 Å². The molecule has 0 saturated carbocycles. The number of anilines is 3. The maximum Gasteiger partial charge on any atom is 0.275 e. The smallest absolute Gasteiger partial charge is 0.275 e. The minimum absolute atomic E-state index is 0.0716. The standard InChI is InChI=1S/C22H24N4O/c1-22(2,3)17-12-8-9-13-18(17)25-21(27)19-14-24-20(15-23-19)26(4)16-10-6-5-7-11-16/h5-15H,1-4H3,(H,25,27). The number of para-hydroxylation sites is 2. The van der Waals surface area contributed by atoms with Crippen LogP contribution in [0.3, 0.4) is 0 Å². The van der Waals surface area contributed by atoms with Gasteiger partial charge in [-0.15, -0.1) is 0 Å². The molecule has 0 aliphatic rings. The molecule has 3 aromatic rings. The van der Waals surface area contributed by atoms with Crippen molar-refractivity contribution in [2.45, 2.75) is 26.2 Å². The van der Waals surface area contributed by atoms with Crippen LogP contribution in [0.25, 0.3) is 0 Å². The van der Waals surface area contributed by atoms with Crippen molar-refractivity contribution in [1.82, 2.24) is 9.97 Å². The van der Waals surface area contributed by atoms with Gasteiger partial charge in [0.15, 0.2) is 5.82 Å². The molecule has 1 N–H and O–H groups in total. The van der Waals surface area contributed by atoms with E-state index < -0.39 is 0 Å².